The van der Waals surface area contributed by atoms with Crippen LogP contribution in [0, 0.1) is 6.92 Å². The molecule has 11 heteroatoms. The van der Waals surface area contributed by atoms with Gasteiger partial charge in [-0.05, 0) is 6.92 Å². The highest BCUT2D eigenvalue weighted by molar-refractivity contribution is 5.81. The fraction of sp³-hybridized carbons (Fsp3) is 0.467. The molecular weight excluding hydrogens is 342 g/mol. The third-order valence-electron chi connectivity index (χ3n) is 4.33. The van der Waals surface area contributed by atoms with Crippen molar-refractivity contribution in [3.8, 4) is 0 Å². The van der Waals surface area contributed by atoms with Crippen molar-refractivity contribution in [3.63, 3.8) is 0 Å². The molecule has 1 saturated heterocycles. The molecule has 0 amide bonds. The zero-order valence-corrected chi connectivity index (χ0v) is 14.0. The Kier molecular flexibility index (Phi) is 4.28. The Morgan fingerprint density at radius 3 is 2.88 bits per heavy atom. The molecule has 0 radical (unpaired) electrons. The minimum absolute atomic E-state index is 0.239. The second kappa shape index (κ2) is 6.61. The maximum absolute atomic E-state index is 10.4. The molecule has 1 aliphatic heterocycles. The van der Waals surface area contributed by atoms with Crippen LogP contribution in [0.3, 0.4) is 0 Å². The van der Waals surface area contributed by atoms with E-state index in [0.29, 0.717) is 24.3 Å². The highest BCUT2D eigenvalue weighted by Crippen LogP contribution is 2.31. The van der Waals surface area contributed by atoms with Crippen LogP contribution in [0.2, 0.25) is 0 Å². The number of aryl methyl sites for hydroxylation is 1. The summed E-state index contributed by atoms with van der Waals surface area (Å²) < 4.78 is 12.4. The van der Waals surface area contributed by atoms with Gasteiger partial charge in [-0.2, -0.15) is 0 Å². The number of nitrogen functional groups attached to an aromatic ring is 1. The molecule has 3 aromatic heterocycles. The van der Waals surface area contributed by atoms with Crippen LogP contribution in [-0.2, 0) is 11.3 Å². The van der Waals surface area contributed by atoms with E-state index >= 15 is 0 Å². The monoisotopic (exact) mass is 361 g/mol. The molecule has 4 atom stereocenters. The number of aliphatic hydroxyl groups is 2. The molecule has 11 nitrogen and oxygen atoms in total. The van der Waals surface area contributed by atoms with Gasteiger partial charge < -0.3 is 30.5 Å². The minimum Gasteiger partial charge on any atom is -0.387 e. The van der Waals surface area contributed by atoms with E-state index in [9.17, 15) is 10.2 Å². The topological polar surface area (TPSA) is 157 Å². The largest absolute Gasteiger partial charge is 0.387 e. The van der Waals surface area contributed by atoms with E-state index in [4.69, 9.17) is 15.0 Å². The molecule has 0 aliphatic carbocycles. The Bertz CT molecular complexity index is 910. The van der Waals surface area contributed by atoms with Crippen molar-refractivity contribution in [2.45, 2.75) is 38.0 Å². The Labute approximate surface area is 147 Å². The number of anilines is 1. The molecule has 1 aliphatic rings. The number of nitrogens with two attached hydrogens (primary N) is 1. The molecular formula is C15H19N7O4. The average Bonchev–Trinajstić information content (AvgIpc) is 3.30. The number of hydrogen-bond acceptors (Lipinski definition) is 10. The number of fused-ring (bicyclic) bond motifs is 1. The van der Waals surface area contributed by atoms with Gasteiger partial charge in [-0.3, -0.25) is 4.57 Å². The summed E-state index contributed by atoms with van der Waals surface area (Å²) in [6.45, 7) is 2.60. The van der Waals surface area contributed by atoms with Gasteiger partial charge in [0.1, 0.15) is 35.9 Å². The maximum Gasteiger partial charge on any atom is 0.167 e. The van der Waals surface area contributed by atoms with E-state index in [-0.39, 0.29) is 5.82 Å². The van der Waals surface area contributed by atoms with Crippen LogP contribution in [0.15, 0.2) is 23.2 Å². The van der Waals surface area contributed by atoms with Gasteiger partial charge in [0.2, 0.25) is 0 Å². The van der Waals surface area contributed by atoms with Crippen molar-refractivity contribution in [1.82, 2.24) is 30.0 Å². The molecule has 4 rings (SSSR count). The number of imidazole rings is 1. The van der Waals surface area contributed by atoms with Crippen LogP contribution in [0.5, 0.6) is 0 Å². The van der Waals surface area contributed by atoms with Gasteiger partial charge in [0.25, 0.3) is 0 Å². The molecule has 138 valence electrons. The summed E-state index contributed by atoms with van der Waals surface area (Å²) >= 11 is 0. The van der Waals surface area contributed by atoms with Gasteiger partial charge in [-0.15, -0.1) is 0 Å². The molecule has 4 heterocycles. The number of nitrogens with one attached hydrogen (secondary N) is 1. The van der Waals surface area contributed by atoms with E-state index in [1.54, 1.807) is 4.57 Å². The molecule has 5 N–H and O–H groups in total. The minimum atomic E-state index is -1.13. The first kappa shape index (κ1) is 16.8. The lowest BCUT2D eigenvalue weighted by molar-refractivity contribution is -0.0342. The molecule has 0 saturated carbocycles. The Balaban J connectivity index is 1.46. The summed E-state index contributed by atoms with van der Waals surface area (Å²) in [6, 6.07) is 1.82. The van der Waals surface area contributed by atoms with Crippen LogP contribution in [-0.4, -0.2) is 59.7 Å². The quantitative estimate of drug-likeness (QED) is 0.449. The van der Waals surface area contributed by atoms with Crippen molar-refractivity contribution in [2.24, 2.45) is 0 Å². The zero-order chi connectivity index (χ0) is 18.3. The average molecular weight is 361 g/mol. The molecule has 26 heavy (non-hydrogen) atoms. The number of ether oxygens (including phenoxy) is 1. The summed E-state index contributed by atoms with van der Waals surface area (Å²) in [5.74, 6) is 0.964. The van der Waals surface area contributed by atoms with Crippen LogP contribution in [0.4, 0.5) is 5.82 Å². The van der Waals surface area contributed by atoms with E-state index in [2.05, 4.69) is 25.4 Å². The Morgan fingerprint density at radius 2 is 2.12 bits per heavy atom. The van der Waals surface area contributed by atoms with Crippen molar-refractivity contribution >= 4 is 17.0 Å². The third kappa shape index (κ3) is 2.90. The van der Waals surface area contributed by atoms with Crippen LogP contribution in [0.25, 0.3) is 11.2 Å². The lowest BCUT2D eigenvalue weighted by atomic mass is 10.1. The number of rotatable bonds is 5. The lowest BCUT2D eigenvalue weighted by Crippen LogP contribution is -2.37. The van der Waals surface area contributed by atoms with E-state index < -0.39 is 24.5 Å². The molecule has 1 fully saturated rings. The smallest absolute Gasteiger partial charge is 0.167 e. The van der Waals surface area contributed by atoms with E-state index in [0.717, 1.165) is 11.5 Å². The first-order chi connectivity index (χ1) is 12.5. The van der Waals surface area contributed by atoms with Crippen LogP contribution < -0.4 is 11.1 Å². The van der Waals surface area contributed by atoms with Gasteiger partial charge in [0, 0.05) is 19.2 Å². The summed E-state index contributed by atoms with van der Waals surface area (Å²) in [4.78, 5) is 12.2. The van der Waals surface area contributed by atoms with Crippen molar-refractivity contribution < 1.29 is 19.5 Å². The number of hydrogen-bond donors (Lipinski definition) is 4. The highest BCUT2D eigenvalue weighted by atomic mass is 16.6. The predicted molar refractivity (Wildman–Crippen MR) is 88.6 cm³/mol. The predicted octanol–water partition coefficient (Wildman–Crippen LogP) is -0.886. The molecule has 0 unspecified atom stereocenters. The van der Waals surface area contributed by atoms with Gasteiger partial charge in [0.15, 0.2) is 17.7 Å². The third-order valence-corrected chi connectivity index (χ3v) is 4.33. The SMILES string of the molecule is Cc1cc(CNC[C@H]2O[C@@H](n3cnc4c(N)ncnc43)[C@H](O)[C@@H]2O)no1. The van der Waals surface area contributed by atoms with Crippen molar-refractivity contribution in [3.05, 3.63) is 30.2 Å². The van der Waals surface area contributed by atoms with Gasteiger partial charge in [0.05, 0.1) is 12.0 Å². The zero-order valence-electron chi connectivity index (χ0n) is 14.0. The maximum atomic E-state index is 10.4. The van der Waals surface area contributed by atoms with Gasteiger partial charge in [-0.25, -0.2) is 15.0 Å². The van der Waals surface area contributed by atoms with Gasteiger partial charge in [-0.1, -0.05) is 5.16 Å². The Morgan fingerprint density at radius 1 is 1.27 bits per heavy atom. The fourth-order valence-electron chi connectivity index (χ4n) is 3.03. The van der Waals surface area contributed by atoms with Crippen LogP contribution >= 0.6 is 0 Å². The fourth-order valence-corrected chi connectivity index (χ4v) is 3.03. The first-order valence-electron chi connectivity index (χ1n) is 8.12. The number of aliphatic hydroxyl groups excluding tert-OH is 2. The molecule has 0 aromatic carbocycles. The van der Waals surface area contributed by atoms with Crippen molar-refractivity contribution in [1.29, 1.82) is 0 Å². The second-order valence-electron chi connectivity index (χ2n) is 6.19. The first-order valence-corrected chi connectivity index (χ1v) is 8.12. The van der Waals surface area contributed by atoms with E-state index in [1.807, 2.05) is 13.0 Å². The van der Waals surface area contributed by atoms with Crippen LogP contribution in [0.1, 0.15) is 17.7 Å². The number of nitrogens with zero attached hydrogens (tertiary/aromatic N) is 5. The summed E-state index contributed by atoms with van der Waals surface area (Å²) in [5.41, 5.74) is 7.38. The second-order valence-corrected chi connectivity index (χ2v) is 6.19. The molecule has 0 bridgehead atoms. The number of aromatic nitrogens is 5. The van der Waals surface area contributed by atoms with Crippen molar-refractivity contribution in [2.75, 3.05) is 12.3 Å². The summed E-state index contributed by atoms with van der Waals surface area (Å²) in [7, 11) is 0. The van der Waals surface area contributed by atoms with E-state index in [1.165, 1.54) is 12.7 Å². The van der Waals surface area contributed by atoms with Gasteiger partial charge >= 0.3 is 0 Å². The summed E-state index contributed by atoms with van der Waals surface area (Å²) in [5, 5.41) is 27.7. The lowest BCUT2D eigenvalue weighted by Gasteiger charge is -2.16. The highest BCUT2D eigenvalue weighted by Gasteiger charge is 2.44. The molecule has 3 aromatic rings. The molecule has 0 spiro atoms. The normalized spacial score (nSPS) is 26.0. The summed E-state index contributed by atoms with van der Waals surface area (Å²) in [6.07, 6.45) is -0.866. The standard InChI is InChI=1S/C15H19N7O4/c1-7-2-8(21-26-7)3-17-4-9-11(23)12(24)15(25-9)22-6-20-10-13(16)18-5-19-14(10)22/h2,5-6,9,11-12,15,17,23-24H,3-4H2,1H3,(H2,16,18,19)/t9-,11-,12-,15-/m1/s1. The Hall–Kier alpha value is -2.60.